The van der Waals surface area contributed by atoms with Crippen molar-refractivity contribution in [3.05, 3.63) is 23.8 Å². The van der Waals surface area contributed by atoms with Crippen molar-refractivity contribution in [2.75, 3.05) is 27.4 Å². The Bertz CT molecular complexity index is 436. The summed E-state index contributed by atoms with van der Waals surface area (Å²) in [7, 11) is 3.31. The fourth-order valence-corrected chi connectivity index (χ4v) is 3.10. The molecule has 1 saturated heterocycles. The second kappa shape index (κ2) is 6.95. The van der Waals surface area contributed by atoms with E-state index in [-0.39, 0.29) is 6.61 Å². The molecule has 2 rings (SSSR count). The first-order chi connectivity index (χ1) is 9.69. The highest BCUT2D eigenvalue weighted by molar-refractivity contribution is 5.43. The third-order valence-electron chi connectivity index (χ3n) is 4.18. The molecular weight excluding hydrogens is 254 g/mol. The van der Waals surface area contributed by atoms with E-state index in [2.05, 4.69) is 17.9 Å². The Balaban J connectivity index is 2.05. The molecule has 4 nitrogen and oxygen atoms in total. The number of aliphatic hydroxyl groups excluding tert-OH is 1. The van der Waals surface area contributed by atoms with Gasteiger partial charge >= 0.3 is 0 Å². The van der Waals surface area contributed by atoms with Crippen molar-refractivity contribution in [2.45, 2.75) is 38.3 Å². The summed E-state index contributed by atoms with van der Waals surface area (Å²) in [6.45, 7) is 3.57. The number of likely N-dealkylation sites (tertiary alicyclic amines) is 1. The van der Waals surface area contributed by atoms with E-state index in [0.717, 1.165) is 30.9 Å². The van der Waals surface area contributed by atoms with Gasteiger partial charge in [0, 0.05) is 12.1 Å². The summed E-state index contributed by atoms with van der Waals surface area (Å²) in [6, 6.07) is 6.83. The molecule has 0 radical (unpaired) electrons. The van der Waals surface area contributed by atoms with E-state index in [4.69, 9.17) is 9.47 Å². The Morgan fingerprint density at radius 3 is 2.70 bits per heavy atom. The molecule has 20 heavy (non-hydrogen) atoms. The first kappa shape index (κ1) is 15.1. The number of aliphatic hydroxyl groups is 1. The van der Waals surface area contributed by atoms with E-state index >= 15 is 0 Å². The van der Waals surface area contributed by atoms with E-state index in [1.807, 2.05) is 12.1 Å². The molecule has 1 aromatic carbocycles. The van der Waals surface area contributed by atoms with Gasteiger partial charge in [-0.15, -0.1) is 0 Å². The molecule has 1 heterocycles. The molecule has 1 aliphatic heterocycles. The van der Waals surface area contributed by atoms with Crippen molar-refractivity contribution in [2.24, 2.45) is 0 Å². The molecule has 0 spiro atoms. The summed E-state index contributed by atoms with van der Waals surface area (Å²) >= 11 is 0. The number of methoxy groups -OCH3 is 2. The van der Waals surface area contributed by atoms with Crippen molar-refractivity contribution in [1.82, 2.24) is 4.90 Å². The first-order valence-corrected chi connectivity index (χ1v) is 7.27. The molecule has 0 saturated carbocycles. The van der Waals surface area contributed by atoms with Crippen molar-refractivity contribution in [3.8, 4) is 11.5 Å². The zero-order valence-corrected chi connectivity index (χ0v) is 12.6. The van der Waals surface area contributed by atoms with Crippen LogP contribution in [0, 0.1) is 0 Å². The Labute approximate surface area is 121 Å². The molecule has 1 N–H and O–H groups in total. The maximum absolute atomic E-state index is 9.42. The highest BCUT2D eigenvalue weighted by Gasteiger charge is 2.27. The van der Waals surface area contributed by atoms with Gasteiger partial charge in [0.1, 0.15) is 0 Å². The van der Waals surface area contributed by atoms with Crippen LogP contribution in [-0.2, 0) is 6.42 Å². The van der Waals surface area contributed by atoms with Crippen LogP contribution in [0.25, 0.3) is 0 Å². The van der Waals surface area contributed by atoms with Crippen LogP contribution in [0.15, 0.2) is 18.2 Å². The molecule has 2 atom stereocenters. The van der Waals surface area contributed by atoms with E-state index in [9.17, 15) is 5.11 Å². The average Bonchev–Trinajstić information content (AvgIpc) is 2.95. The van der Waals surface area contributed by atoms with Gasteiger partial charge in [0.2, 0.25) is 0 Å². The number of benzene rings is 1. The second-order valence-electron chi connectivity index (χ2n) is 5.46. The number of rotatable bonds is 6. The van der Waals surface area contributed by atoms with Gasteiger partial charge in [-0.2, -0.15) is 0 Å². The van der Waals surface area contributed by atoms with Gasteiger partial charge in [-0.05, 0) is 50.4 Å². The quantitative estimate of drug-likeness (QED) is 0.866. The van der Waals surface area contributed by atoms with Gasteiger partial charge in [0.15, 0.2) is 11.5 Å². The number of hydrogen-bond donors (Lipinski definition) is 1. The summed E-state index contributed by atoms with van der Waals surface area (Å²) in [5, 5.41) is 9.42. The van der Waals surface area contributed by atoms with Gasteiger partial charge in [0.25, 0.3) is 0 Å². The normalized spacial score (nSPS) is 20.9. The molecule has 112 valence electrons. The number of hydrogen-bond acceptors (Lipinski definition) is 4. The van der Waals surface area contributed by atoms with Crippen LogP contribution in [-0.4, -0.2) is 49.5 Å². The zero-order chi connectivity index (χ0) is 14.5. The molecule has 1 aliphatic rings. The fraction of sp³-hybridized carbons (Fsp3) is 0.625. The molecule has 2 unspecified atom stereocenters. The third-order valence-corrected chi connectivity index (χ3v) is 4.18. The van der Waals surface area contributed by atoms with Crippen molar-refractivity contribution in [3.63, 3.8) is 0 Å². The summed E-state index contributed by atoms with van der Waals surface area (Å²) < 4.78 is 10.6. The first-order valence-electron chi connectivity index (χ1n) is 7.27. The van der Waals surface area contributed by atoms with Crippen LogP contribution < -0.4 is 9.47 Å². The Morgan fingerprint density at radius 1 is 1.30 bits per heavy atom. The topological polar surface area (TPSA) is 41.9 Å². The van der Waals surface area contributed by atoms with Gasteiger partial charge in [-0.3, -0.25) is 4.90 Å². The van der Waals surface area contributed by atoms with Crippen molar-refractivity contribution in [1.29, 1.82) is 0 Å². The van der Waals surface area contributed by atoms with Gasteiger partial charge in [-0.1, -0.05) is 6.07 Å². The van der Waals surface area contributed by atoms with Crippen molar-refractivity contribution >= 4 is 0 Å². The van der Waals surface area contributed by atoms with Gasteiger partial charge < -0.3 is 14.6 Å². The largest absolute Gasteiger partial charge is 0.493 e. The minimum atomic E-state index is 0.260. The Kier molecular flexibility index (Phi) is 5.26. The monoisotopic (exact) mass is 279 g/mol. The van der Waals surface area contributed by atoms with E-state index < -0.39 is 0 Å². The van der Waals surface area contributed by atoms with E-state index in [1.165, 1.54) is 12.0 Å². The fourth-order valence-electron chi connectivity index (χ4n) is 3.10. The highest BCUT2D eigenvalue weighted by Crippen LogP contribution is 2.29. The maximum Gasteiger partial charge on any atom is 0.160 e. The average molecular weight is 279 g/mol. The lowest BCUT2D eigenvalue weighted by Gasteiger charge is -2.29. The van der Waals surface area contributed by atoms with Crippen LogP contribution in [0.2, 0.25) is 0 Å². The SMILES string of the molecule is COc1ccc(CC(C)N2CCCC2CO)cc1OC. The summed E-state index contributed by atoms with van der Waals surface area (Å²) in [5.74, 6) is 1.54. The number of nitrogens with zero attached hydrogens (tertiary/aromatic N) is 1. The summed E-state index contributed by atoms with van der Waals surface area (Å²) in [6.07, 6.45) is 3.24. The van der Waals surface area contributed by atoms with Crippen LogP contribution in [0.1, 0.15) is 25.3 Å². The molecule has 4 heteroatoms. The van der Waals surface area contributed by atoms with Crippen LogP contribution >= 0.6 is 0 Å². The molecular formula is C16H25NO3. The lowest BCUT2D eigenvalue weighted by Crippen LogP contribution is -2.40. The van der Waals surface area contributed by atoms with Crippen LogP contribution in [0.4, 0.5) is 0 Å². The summed E-state index contributed by atoms with van der Waals surface area (Å²) in [5.41, 5.74) is 1.23. The minimum Gasteiger partial charge on any atom is -0.493 e. The smallest absolute Gasteiger partial charge is 0.160 e. The van der Waals surface area contributed by atoms with Crippen molar-refractivity contribution < 1.29 is 14.6 Å². The van der Waals surface area contributed by atoms with E-state index in [0.29, 0.717) is 12.1 Å². The molecule has 0 aromatic heterocycles. The molecule has 0 amide bonds. The lowest BCUT2D eigenvalue weighted by atomic mass is 10.0. The Morgan fingerprint density at radius 2 is 2.05 bits per heavy atom. The Hall–Kier alpha value is -1.26. The predicted octanol–water partition coefficient (Wildman–Crippen LogP) is 2.09. The molecule has 1 fully saturated rings. The zero-order valence-electron chi connectivity index (χ0n) is 12.6. The standard InChI is InChI=1S/C16H25NO3/c1-12(17-8-4-5-14(17)11-18)9-13-6-7-15(19-2)16(10-13)20-3/h6-7,10,12,14,18H,4-5,8-9,11H2,1-3H3. The lowest BCUT2D eigenvalue weighted by molar-refractivity contribution is 0.125. The molecule has 0 aliphatic carbocycles. The summed E-state index contributed by atoms with van der Waals surface area (Å²) in [4.78, 5) is 2.41. The number of ether oxygens (including phenoxy) is 2. The van der Waals surface area contributed by atoms with Crippen LogP contribution in [0.3, 0.4) is 0 Å². The molecule has 0 bridgehead atoms. The maximum atomic E-state index is 9.42. The van der Waals surface area contributed by atoms with E-state index in [1.54, 1.807) is 14.2 Å². The molecule has 1 aromatic rings. The minimum absolute atomic E-state index is 0.260. The third kappa shape index (κ3) is 3.25. The predicted molar refractivity (Wildman–Crippen MR) is 79.5 cm³/mol. The highest BCUT2D eigenvalue weighted by atomic mass is 16.5. The second-order valence-corrected chi connectivity index (χ2v) is 5.46. The van der Waals surface area contributed by atoms with Crippen LogP contribution in [0.5, 0.6) is 11.5 Å². The van der Waals surface area contributed by atoms with Gasteiger partial charge in [0.05, 0.1) is 20.8 Å². The van der Waals surface area contributed by atoms with Gasteiger partial charge in [-0.25, -0.2) is 0 Å².